The number of hydrogen-bond acceptors (Lipinski definition) is 7. The van der Waals surface area contributed by atoms with E-state index in [4.69, 9.17) is 16.8 Å². The summed E-state index contributed by atoms with van der Waals surface area (Å²) >= 11 is 0. The Bertz CT molecular complexity index is 638. The lowest BCUT2D eigenvalue weighted by molar-refractivity contribution is -0.151. The number of carbonyl (C=O) groups excluding carboxylic acids is 2. The molecule has 0 fully saturated rings. The van der Waals surface area contributed by atoms with Gasteiger partial charge in [-0.1, -0.05) is 30.3 Å². The van der Waals surface area contributed by atoms with E-state index in [1.165, 1.54) is 0 Å². The van der Waals surface area contributed by atoms with Crippen LogP contribution in [0.25, 0.3) is 20.9 Å². The minimum absolute atomic E-state index is 0.144. The van der Waals surface area contributed by atoms with Gasteiger partial charge in [-0.3, -0.25) is 4.79 Å². The van der Waals surface area contributed by atoms with Crippen molar-refractivity contribution in [3.8, 4) is 0 Å². The molecule has 0 aliphatic rings. The Morgan fingerprint density at radius 1 is 1.09 bits per heavy atom. The van der Waals surface area contributed by atoms with Gasteiger partial charge in [0.05, 0.1) is 5.92 Å². The Kier molecular flexibility index (Phi) is 7.45. The maximum Gasteiger partial charge on any atom is 0.334 e. The molecule has 0 saturated heterocycles. The van der Waals surface area contributed by atoms with E-state index in [0.717, 1.165) is 5.56 Å². The Hall–Kier alpha value is -3.26. The molecule has 1 aromatic carbocycles. The van der Waals surface area contributed by atoms with Crippen molar-refractivity contribution in [3.05, 3.63) is 56.8 Å². The third-order valence-electron chi connectivity index (χ3n) is 2.83. The summed E-state index contributed by atoms with van der Waals surface area (Å²) in [7, 11) is 0. The lowest BCUT2D eigenvalue weighted by Gasteiger charge is -2.17. The van der Waals surface area contributed by atoms with Gasteiger partial charge in [0, 0.05) is 9.82 Å². The summed E-state index contributed by atoms with van der Waals surface area (Å²) < 4.78 is 0. The minimum Gasteiger partial charge on any atom is -0.359 e. The maximum absolute atomic E-state index is 11.9. The molecule has 2 atom stereocenters. The Balaban J connectivity index is 2.81. The summed E-state index contributed by atoms with van der Waals surface area (Å²) in [6.45, 7) is 0. The van der Waals surface area contributed by atoms with Crippen molar-refractivity contribution >= 4 is 11.9 Å². The van der Waals surface area contributed by atoms with Gasteiger partial charge in [-0.2, -0.15) is 0 Å². The van der Waals surface area contributed by atoms with Crippen molar-refractivity contribution in [1.82, 2.24) is 0 Å². The first-order chi connectivity index (χ1) is 11.1. The van der Waals surface area contributed by atoms with Crippen LogP contribution in [0.15, 0.2) is 40.9 Å². The molecular weight excluding hydrogens is 306 g/mol. The fraction of sp³-hybridized carbons (Fsp3) is 0.333. The third kappa shape index (κ3) is 6.36. The largest absolute Gasteiger partial charge is 0.359 e. The maximum atomic E-state index is 11.9. The van der Waals surface area contributed by atoms with Crippen molar-refractivity contribution in [2.45, 2.75) is 18.9 Å². The van der Waals surface area contributed by atoms with Crippen LogP contribution in [0.1, 0.15) is 12.0 Å². The summed E-state index contributed by atoms with van der Waals surface area (Å²) in [4.78, 5) is 36.5. The van der Waals surface area contributed by atoms with Gasteiger partial charge in [0.15, 0.2) is 0 Å². The van der Waals surface area contributed by atoms with Crippen LogP contribution in [0.4, 0.5) is 0 Å². The standard InChI is InChI=1S/C12H13N7O4/c13-10(12(21)23-19-17-15)7-9(11(20)22-18-16-14)6-8-4-2-1-3-5-8/h1-5,9-10H,6-7,13H2/t9?,10-/m1/s1. The highest BCUT2D eigenvalue weighted by Crippen LogP contribution is 2.16. The van der Waals surface area contributed by atoms with Crippen molar-refractivity contribution in [1.29, 1.82) is 0 Å². The quantitative estimate of drug-likeness (QED) is 0.333. The van der Waals surface area contributed by atoms with Crippen molar-refractivity contribution in [2.24, 2.45) is 22.2 Å². The van der Waals surface area contributed by atoms with Gasteiger partial charge in [-0.05, 0) is 29.5 Å². The van der Waals surface area contributed by atoms with E-state index in [0.29, 0.717) is 0 Å². The average molecular weight is 319 g/mol. The summed E-state index contributed by atoms with van der Waals surface area (Å²) in [5.41, 5.74) is 22.7. The van der Waals surface area contributed by atoms with Crippen LogP contribution in [-0.2, 0) is 25.7 Å². The SMILES string of the molecule is [N-]=[N+]=NOC(=O)C(Cc1ccccc1)C[C@@H](N)C(=O)ON=[N+]=[N-]. The van der Waals surface area contributed by atoms with Crippen molar-refractivity contribution in [3.63, 3.8) is 0 Å². The molecule has 1 unspecified atom stereocenters. The Morgan fingerprint density at radius 2 is 1.65 bits per heavy atom. The zero-order valence-corrected chi connectivity index (χ0v) is 11.8. The van der Waals surface area contributed by atoms with Crippen LogP contribution in [0.2, 0.25) is 0 Å². The summed E-state index contributed by atoms with van der Waals surface area (Å²) in [5, 5.41) is 5.39. The first kappa shape index (κ1) is 17.8. The summed E-state index contributed by atoms with van der Waals surface area (Å²) in [6, 6.07) is 7.70. The number of carbonyl (C=O) groups is 2. The normalized spacial score (nSPS) is 12.0. The molecule has 23 heavy (non-hydrogen) atoms. The highest BCUT2D eigenvalue weighted by molar-refractivity contribution is 5.78. The predicted octanol–water partition coefficient (Wildman–Crippen LogP) is 2.10. The fourth-order valence-electron chi connectivity index (χ4n) is 1.82. The van der Waals surface area contributed by atoms with Crippen molar-refractivity contribution in [2.75, 3.05) is 0 Å². The second-order valence-electron chi connectivity index (χ2n) is 4.39. The molecule has 0 bridgehead atoms. The smallest absolute Gasteiger partial charge is 0.334 e. The van der Waals surface area contributed by atoms with E-state index in [1.54, 1.807) is 30.3 Å². The molecule has 0 aliphatic heterocycles. The number of azide groups is 2. The monoisotopic (exact) mass is 319 g/mol. The molecule has 2 N–H and O–H groups in total. The Morgan fingerprint density at radius 3 is 2.22 bits per heavy atom. The molecule has 0 amide bonds. The van der Waals surface area contributed by atoms with Crippen LogP contribution in [0.3, 0.4) is 0 Å². The highest BCUT2D eigenvalue weighted by Gasteiger charge is 2.27. The van der Waals surface area contributed by atoms with Crippen LogP contribution >= 0.6 is 0 Å². The van der Waals surface area contributed by atoms with E-state index >= 15 is 0 Å². The lowest BCUT2D eigenvalue weighted by Crippen LogP contribution is -2.36. The van der Waals surface area contributed by atoms with Crippen LogP contribution in [0, 0.1) is 5.92 Å². The molecular formula is C12H13N7O4. The number of benzene rings is 1. The average Bonchev–Trinajstić information content (AvgIpc) is 2.57. The molecule has 0 aliphatic carbocycles. The van der Waals surface area contributed by atoms with E-state index < -0.39 is 23.9 Å². The number of rotatable bonds is 8. The molecule has 0 heterocycles. The van der Waals surface area contributed by atoms with E-state index in [-0.39, 0.29) is 12.8 Å². The van der Waals surface area contributed by atoms with Gasteiger partial charge in [-0.15, -0.1) is 0 Å². The summed E-state index contributed by atoms with van der Waals surface area (Å²) in [5.74, 6) is -2.67. The van der Waals surface area contributed by atoms with Gasteiger partial charge < -0.3 is 15.4 Å². The third-order valence-corrected chi connectivity index (χ3v) is 2.83. The van der Waals surface area contributed by atoms with Crippen LogP contribution < -0.4 is 5.73 Å². The number of hydrogen-bond donors (Lipinski definition) is 1. The highest BCUT2D eigenvalue weighted by atomic mass is 16.7. The zero-order chi connectivity index (χ0) is 17.1. The van der Waals surface area contributed by atoms with Gasteiger partial charge in [0.25, 0.3) is 0 Å². The first-order valence-corrected chi connectivity index (χ1v) is 6.38. The van der Waals surface area contributed by atoms with E-state index in [1.807, 2.05) is 0 Å². The molecule has 11 heteroatoms. The zero-order valence-electron chi connectivity index (χ0n) is 11.8. The van der Waals surface area contributed by atoms with Crippen LogP contribution in [0.5, 0.6) is 0 Å². The topological polar surface area (TPSA) is 176 Å². The van der Waals surface area contributed by atoms with Crippen molar-refractivity contribution < 1.29 is 19.3 Å². The second-order valence-corrected chi connectivity index (χ2v) is 4.39. The molecule has 0 spiro atoms. The molecule has 0 radical (unpaired) electrons. The van der Waals surface area contributed by atoms with Gasteiger partial charge in [-0.25, -0.2) is 4.79 Å². The van der Waals surface area contributed by atoms with Gasteiger partial charge >= 0.3 is 11.9 Å². The molecule has 11 nitrogen and oxygen atoms in total. The molecule has 0 aromatic heterocycles. The number of nitrogens with two attached hydrogens (primary N) is 1. The Labute approximate surface area is 130 Å². The summed E-state index contributed by atoms with van der Waals surface area (Å²) in [6.07, 6.45) is 0.0670. The van der Waals surface area contributed by atoms with Gasteiger partial charge in [0.1, 0.15) is 16.6 Å². The van der Waals surface area contributed by atoms with E-state index in [9.17, 15) is 9.59 Å². The molecule has 1 rings (SSSR count). The first-order valence-electron chi connectivity index (χ1n) is 6.38. The fourth-order valence-corrected chi connectivity index (χ4v) is 1.82. The van der Waals surface area contributed by atoms with Gasteiger partial charge in [0.2, 0.25) is 0 Å². The minimum atomic E-state index is -1.21. The number of nitrogens with zero attached hydrogens (tertiary/aromatic N) is 6. The van der Waals surface area contributed by atoms with Crippen LogP contribution in [-0.4, -0.2) is 18.0 Å². The molecule has 120 valence electrons. The second kappa shape index (κ2) is 9.64. The van der Waals surface area contributed by atoms with E-state index in [2.05, 4.69) is 30.1 Å². The predicted molar refractivity (Wildman–Crippen MR) is 76.7 cm³/mol. The lowest BCUT2D eigenvalue weighted by atomic mass is 9.93. The molecule has 1 aromatic rings. The molecule has 0 saturated carbocycles.